The highest BCUT2D eigenvalue weighted by molar-refractivity contribution is 4.82. The molecule has 2 nitrogen and oxygen atoms in total. The van der Waals surface area contributed by atoms with Gasteiger partial charge in [-0.05, 0) is 32.1 Å². The lowest BCUT2D eigenvalue weighted by Gasteiger charge is -2.43. The van der Waals surface area contributed by atoms with Gasteiger partial charge in [-0.1, -0.05) is 27.7 Å². The van der Waals surface area contributed by atoms with Crippen molar-refractivity contribution in [2.24, 2.45) is 17.8 Å². The van der Waals surface area contributed by atoms with E-state index < -0.39 is 0 Å². The third-order valence-corrected chi connectivity index (χ3v) is 3.79. The summed E-state index contributed by atoms with van der Waals surface area (Å²) in [6.45, 7) is 13.2. The highest BCUT2D eigenvalue weighted by Crippen LogP contribution is 2.36. The maximum absolute atomic E-state index is 6.02. The summed E-state index contributed by atoms with van der Waals surface area (Å²) in [4.78, 5) is 0. The summed E-state index contributed by atoms with van der Waals surface area (Å²) in [7, 11) is 0. The van der Waals surface area contributed by atoms with Crippen LogP contribution in [0.1, 0.15) is 48.0 Å². The molecule has 2 unspecified atom stereocenters. The zero-order valence-electron chi connectivity index (χ0n) is 11.0. The molecule has 1 fully saturated rings. The van der Waals surface area contributed by atoms with Gasteiger partial charge in [-0.15, -0.1) is 0 Å². The Hall–Kier alpha value is -0.0800. The van der Waals surface area contributed by atoms with Crippen molar-refractivity contribution in [3.8, 4) is 0 Å². The predicted molar refractivity (Wildman–Crippen MR) is 62.7 cm³/mol. The van der Waals surface area contributed by atoms with Crippen LogP contribution >= 0.6 is 0 Å². The van der Waals surface area contributed by atoms with Crippen LogP contribution in [0.25, 0.3) is 0 Å². The Morgan fingerprint density at radius 3 is 2.13 bits per heavy atom. The fraction of sp³-hybridized carbons (Fsp3) is 1.00. The largest absolute Gasteiger partial charge is 0.350 e. The van der Waals surface area contributed by atoms with Crippen LogP contribution in [0.15, 0.2) is 0 Å². The molecule has 1 heterocycles. The summed E-state index contributed by atoms with van der Waals surface area (Å²) in [5, 5.41) is 0. The molecule has 0 aliphatic carbocycles. The molecule has 1 saturated heterocycles. The third-order valence-electron chi connectivity index (χ3n) is 3.79. The molecular formula is C13H26O2. The maximum atomic E-state index is 6.02. The van der Waals surface area contributed by atoms with Crippen LogP contribution in [0.2, 0.25) is 0 Å². The van der Waals surface area contributed by atoms with Gasteiger partial charge in [0.25, 0.3) is 0 Å². The van der Waals surface area contributed by atoms with E-state index in [0.29, 0.717) is 23.9 Å². The molecule has 0 spiro atoms. The van der Waals surface area contributed by atoms with Gasteiger partial charge in [0.05, 0.1) is 12.2 Å². The Morgan fingerprint density at radius 2 is 1.67 bits per heavy atom. The monoisotopic (exact) mass is 214 g/mol. The SMILES string of the molecule is CCC1O[C@@H](OC(C)C)[C@H](C)C(C)[C@H]1C. The van der Waals surface area contributed by atoms with Gasteiger partial charge in [0.1, 0.15) is 0 Å². The van der Waals surface area contributed by atoms with E-state index in [1.165, 1.54) is 0 Å². The topological polar surface area (TPSA) is 18.5 Å². The van der Waals surface area contributed by atoms with E-state index in [9.17, 15) is 0 Å². The number of rotatable bonds is 3. The summed E-state index contributed by atoms with van der Waals surface area (Å²) in [6, 6.07) is 0. The second kappa shape index (κ2) is 5.31. The molecule has 0 amide bonds. The first-order valence-electron chi connectivity index (χ1n) is 6.28. The Balaban J connectivity index is 2.65. The summed E-state index contributed by atoms with van der Waals surface area (Å²) < 4.78 is 11.9. The van der Waals surface area contributed by atoms with Crippen molar-refractivity contribution in [2.45, 2.75) is 66.5 Å². The lowest BCUT2D eigenvalue weighted by Crippen LogP contribution is -2.46. The highest BCUT2D eigenvalue weighted by Gasteiger charge is 2.38. The van der Waals surface area contributed by atoms with E-state index in [2.05, 4.69) is 41.5 Å². The lowest BCUT2D eigenvalue weighted by atomic mass is 9.78. The fourth-order valence-electron chi connectivity index (χ4n) is 2.38. The molecule has 1 aliphatic rings. The van der Waals surface area contributed by atoms with E-state index in [1.54, 1.807) is 0 Å². The minimum absolute atomic E-state index is 0.0128. The Labute approximate surface area is 94.3 Å². The first-order valence-corrected chi connectivity index (χ1v) is 6.28. The zero-order chi connectivity index (χ0) is 11.6. The smallest absolute Gasteiger partial charge is 0.161 e. The maximum Gasteiger partial charge on any atom is 0.161 e. The van der Waals surface area contributed by atoms with Crippen molar-refractivity contribution in [2.75, 3.05) is 0 Å². The van der Waals surface area contributed by atoms with Crippen molar-refractivity contribution in [3.05, 3.63) is 0 Å². The van der Waals surface area contributed by atoms with Gasteiger partial charge >= 0.3 is 0 Å². The second-order valence-electron chi connectivity index (χ2n) is 5.21. The van der Waals surface area contributed by atoms with Crippen LogP contribution in [-0.2, 0) is 9.47 Å². The molecule has 15 heavy (non-hydrogen) atoms. The van der Waals surface area contributed by atoms with Crippen LogP contribution in [-0.4, -0.2) is 18.5 Å². The zero-order valence-corrected chi connectivity index (χ0v) is 11.0. The van der Waals surface area contributed by atoms with Gasteiger partial charge in [-0.3, -0.25) is 0 Å². The number of hydrogen-bond donors (Lipinski definition) is 0. The molecule has 90 valence electrons. The molecule has 2 heteroatoms. The predicted octanol–water partition coefficient (Wildman–Crippen LogP) is 3.45. The molecule has 0 aromatic carbocycles. The van der Waals surface area contributed by atoms with Crippen LogP contribution in [0.5, 0.6) is 0 Å². The standard InChI is InChI=1S/C13H26O2/c1-7-12-10(5)9(4)11(6)13(15-12)14-8(2)3/h8-13H,7H2,1-6H3/t9?,10-,11-,12?,13-/m1/s1. The van der Waals surface area contributed by atoms with Gasteiger partial charge in [-0.2, -0.15) is 0 Å². The summed E-state index contributed by atoms with van der Waals surface area (Å²) in [6.07, 6.45) is 1.67. The van der Waals surface area contributed by atoms with E-state index in [1.807, 2.05) is 0 Å². The molecule has 5 atom stereocenters. The van der Waals surface area contributed by atoms with Gasteiger partial charge < -0.3 is 9.47 Å². The molecule has 1 rings (SSSR count). The van der Waals surface area contributed by atoms with E-state index in [0.717, 1.165) is 6.42 Å². The normalized spacial score (nSPS) is 42.2. The van der Waals surface area contributed by atoms with Crippen LogP contribution < -0.4 is 0 Å². The van der Waals surface area contributed by atoms with Crippen molar-refractivity contribution in [1.29, 1.82) is 0 Å². The molecule has 0 aromatic heterocycles. The third kappa shape index (κ3) is 2.94. The minimum atomic E-state index is -0.0128. The van der Waals surface area contributed by atoms with Crippen LogP contribution in [0, 0.1) is 17.8 Å². The molecular weight excluding hydrogens is 188 g/mol. The average Bonchev–Trinajstić information content (AvgIpc) is 2.18. The van der Waals surface area contributed by atoms with E-state index in [4.69, 9.17) is 9.47 Å². The van der Waals surface area contributed by atoms with Gasteiger partial charge in [0.2, 0.25) is 0 Å². The summed E-state index contributed by atoms with van der Waals surface area (Å²) in [5.74, 6) is 1.80. The number of ether oxygens (including phenoxy) is 2. The van der Waals surface area contributed by atoms with E-state index >= 15 is 0 Å². The minimum Gasteiger partial charge on any atom is -0.350 e. The van der Waals surface area contributed by atoms with Crippen LogP contribution in [0.4, 0.5) is 0 Å². The lowest BCUT2D eigenvalue weighted by molar-refractivity contribution is -0.259. The molecule has 0 aromatic rings. The molecule has 0 bridgehead atoms. The van der Waals surface area contributed by atoms with Crippen molar-refractivity contribution >= 4 is 0 Å². The van der Waals surface area contributed by atoms with Gasteiger partial charge in [-0.25, -0.2) is 0 Å². The highest BCUT2D eigenvalue weighted by atomic mass is 16.7. The molecule has 0 radical (unpaired) electrons. The second-order valence-corrected chi connectivity index (χ2v) is 5.21. The Morgan fingerprint density at radius 1 is 1.07 bits per heavy atom. The van der Waals surface area contributed by atoms with Gasteiger partial charge in [0, 0.05) is 5.92 Å². The van der Waals surface area contributed by atoms with Crippen molar-refractivity contribution in [3.63, 3.8) is 0 Å². The Kier molecular flexibility index (Phi) is 4.60. The quantitative estimate of drug-likeness (QED) is 0.716. The molecule has 0 N–H and O–H groups in total. The van der Waals surface area contributed by atoms with Crippen molar-refractivity contribution in [1.82, 2.24) is 0 Å². The van der Waals surface area contributed by atoms with Crippen molar-refractivity contribution < 1.29 is 9.47 Å². The summed E-state index contributed by atoms with van der Waals surface area (Å²) >= 11 is 0. The Bertz CT molecular complexity index is 189. The van der Waals surface area contributed by atoms with Crippen LogP contribution in [0.3, 0.4) is 0 Å². The first-order chi connectivity index (χ1) is 6.97. The fourth-order valence-corrected chi connectivity index (χ4v) is 2.38. The number of hydrogen-bond acceptors (Lipinski definition) is 2. The van der Waals surface area contributed by atoms with E-state index in [-0.39, 0.29) is 12.4 Å². The molecule has 0 saturated carbocycles. The molecule has 1 aliphatic heterocycles. The average molecular weight is 214 g/mol. The first kappa shape index (κ1) is 13.0. The van der Waals surface area contributed by atoms with Gasteiger partial charge in [0.15, 0.2) is 6.29 Å². The summed E-state index contributed by atoms with van der Waals surface area (Å²) in [5.41, 5.74) is 0.